The molecule has 9 nitrogen and oxygen atoms in total. The minimum Gasteiger partial charge on any atom is -0.381 e. The highest BCUT2D eigenvalue weighted by molar-refractivity contribution is 5.93. The van der Waals surface area contributed by atoms with Crippen molar-refractivity contribution in [3.8, 4) is 0 Å². The fourth-order valence-corrected chi connectivity index (χ4v) is 2.91. The number of hydrogen-bond acceptors (Lipinski definition) is 6. The van der Waals surface area contributed by atoms with Crippen LogP contribution in [0.3, 0.4) is 0 Å². The molecule has 0 bridgehead atoms. The number of hydrogen-bond donors (Lipinski definition) is 3. The number of anilines is 1. The van der Waals surface area contributed by atoms with Crippen molar-refractivity contribution in [3.05, 3.63) is 42.2 Å². The summed E-state index contributed by atoms with van der Waals surface area (Å²) in [6.45, 7) is 1.70. The average Bonchev–Trinajstić information content (AvgIpc) is 3.14. The Bertz CT molecular complexity index is 764. The van der Waals surface area contributed by atoms with Gasteiger partial charge in [0, 0.05) is 19.8 Å². The van der Waals surface area contributed by atoms with E-state index in [-0.39, 0.29) is 42.6 Å². The minimum absolute atomic E-state index is 0. The molecule has 4 N–H and O–H groups in total. The molecule has 0 saturated carbocycles. The Kier molecular flexibility index (Phi) is 8.37. The van der Waals surface area contributed by atoms with Crippen molar-refractivity contribution >= 4 is 30.2 Å². The van der Waals surface area contributed by atoms with Gasteiger partial charge in [-0.25, -0.2) is 9.67 Å². The molecule has 152 valence electrons. The molecular weight excluding hydrogens is 384 g/mol. The summed E-state index contributed by atoms with van der Waals surface area (Å²) in [5.41, 5.74) is 7.04. The fourth-order valence-electron chi connectivity index (χ4n) is 2.91. The maximum atomic E-state index is 12.3. The molecule has 1 saturated heterocycles. The van der Waals surface area contributed by atoms with E-state index in [0.717, 1.165) is 18.4 Å². The van der Waals surface area contributed by atoms with E-state index in [2.05, 4.69) is 20.7 Å². The number of aromatic nitrogens is 3. The minimum atomic E-state index is -0.630. The number of benzene rings is 1. The Labute approximate surface area is 169 Å². The molecule has 3 rings (SSSR count). The zero-order valence-electron chi connectivity index (χ0n) is 15.4. The molecule has 2 heterocycles. The van der Waals surface area contributed by atoms with E-state index in [1.54, 1.807) is 0 Å². The van der Waals surface area contributed by atoms with Crippen LogP contribution in [0.2, 0.25) is 0 Å². The van der Waals surface area contributed by atoms with Crippen molar-refractivity contribution in [3.63, 3.8) is 0 Å². The summed E-state index contributed by atoms with van der Waals surface area (Å²) in [7, 11) is 0. The van der Waals surface area contributed by atoms with E-state index in [1.807, 2.05) is 30.3 Å². The van der Waals surface area contributed by atoms with Crippen LogP contribution in [0.25, 0.3) is 0 Å². The standard InChI is InChI=1S/C18H24N6O3.ClH/c19-16(14-6-8-27-9-7-14)17(26)22-18-21-12-24(23-18)11-15(25)20-10-13-4-2-1-3-5-13;/h1-5,12,14,16H,6-11,19H2,(H,20,25)(H,22,23,26);1H. The van der Waals surface area contributed by atoms with E-state index in [4.69, 9.17) is 10.5 Å². The first kappa shape index (κ1) is 21.8. The van der Waals surface area contributed by atoms with Crippen molar-refractivity contribution in [1.29, 1.82) is 0 Å². The number of amides is 2. The monoisotopic (exact) mass is 408 g/mol. The highest BCUT2D eigenvalue weighted by atomic mass is 35.5. The Morgan fingerprint density at radius 1 is 1.25 bits per heavy atom. The molecule has 2 amide bonds. The summed E-state index contributed by atoms with van der Waals surface area (Å²) in [5.74, 6) is -0.295. The van der Waals surface area contributed by atoms with Gasteiger partial charge >= 0.3 is 0 Å². The van der Waals surface area contributed by atoms with Gasteiger partial charge in [0.1, 0.15) is 12.9 Å². The molecule has 0 spiro atoms. The lowest BCUT2D eigenvalue weighted by Gasteiger charge is -2.26. The van der Waals surface area contributed by atoms with Crippen molar-refractivity contribution in [2.75, 3.05) is 18.5 Å². The average molecular weight is 409 g/mol. The van der Waals surface area contributed by atoms with Gasteiger partial charge in [0.25, 0.3) is 0 Å². The molecule has 0 radical (unpaired) electrons. The normalized spacial score (nSPS) is 15.3. The summed E-state index contributed by atoms with van der Waals surface area (Å²) in [6, 6.07) is 8.99. The van der Waals surface area contributed by atoms with Gasteiger partial charge in [-0.05, 0) is 24.3 Å². The van der Waals surface area contributed by atoms with Crippen LogP contribution < -0.4 is 16.4 Å². The molecule has 28 heavy (non-hydrogen) atoms. The molecule has 1 aromatic heterocycles. The van der Waals surface area contributed by atoms with Gasteiger partial charge in [0.15, 0.2) is 0 Å². The number of carbonyl (C=O) groups is 2. The Balaban J connectivity index is 0.00000280. The third-order valence-electron chi connectivity index (χ3n) is 4.49. The van der Waals surface area contributed by atoms with E-state index in [9.17, 15) is 9.59 Å². The molecular formula is C18H25ClN6O3. The second-order valence-corrected chi connectivity index (χ2v) is 6.49. The van der Waals surface area contributed by atoms with Gasteiger partial charge in [-0.2, -0.15) is 0 Å². The third kappa shape index (κ3) is 6.29. The SMILES string of the molecule is Cl.NC(C(=O)Nc1ncn(CC(=O)NCc2ccccc2)n1)C1CCOCC1. The van der Waals surface area contributed by atoms with E-state index in [1.165, 1.54) is 11.0 Å². The summed E-state index contributed by atoms with van der Waals surface area (Å²) < 4.78 is 6.65. The van der Waals surface area contributed by atoms with Crippen LogP contribution in [-0.4, -0.2) is 45.8 Å². The number of nitrogens with two attached hydrogens (primary N) is 1. The molecule has 10 heteroatoms. The third-order valence-corrected chi connectivity index (χ3v) is 4.49. The van der Waals surface area contributed by atoms with Crippen LogP contribution in [0.1, 0.15) is 18.4 Å². The predicted molar refractivity (Wildman–Crippen MR) is 106 cm³/mol. The van der Waals surface area contributed by atoms with Gasteiger partial charge in [0.2, 0.25) is 17.8 Å². The fraction of sp³-hybridized carbons (Fsp3) is 0.444. The van der Waals surface area contributed by atoms with Crippen LogP contribution in [-0.2, 0) is 27.4 Å². The van der Waals surface area contributed by atoms with E-state index >= 15 is 0 Å². The summed E-state index contributed by atoms with van der Waals surface area (Å²) in [6.07, 6.45) is 2.92. The molecule has 1 unspecified atom stereocenters. The molecule has 0 aliphatic carbocycles. The van der Waals surface area contributed by atoms with Gasteiger partial charge < -0.3 is 15.8 Å². The van der Waals surface area contributed by atoms with E-state index < -0.39 is 6.04 Å². The van der Waals surface area contributed by atoms with Gasteiger partial charge in [-0.1, -0.05) is 30.3 Å². The molecule has 2 aromatic rings. The summed E-state index contributed by atoms with van der Waals surface area (Å²) in [4.78, 5) is 28.3. The smallest absolute Gasteiger partial charge is 0.248 e. The zero-order valence-corrected chi connectivity index (χ0v) is 16.2. The predicted octanol–water partition coefficient (Wildman–Crippen LogP) is 0.709. The van der Waals surface area contributed by atoms with Gasteiger partial charge in [-0.3, -0.25) is 14.9 Å². The first-order valence-electron chi connectivity index (χ1n) is 8.96. The number of ether oxygens (including phenoxy) is 1. The van der Waals surface area contributed by atoms with Crippen LogP contribution >= 0.6 is 12.4 Å². The summed E-state index contributed by atoms with van der Waals surface area (Å²) >= 11 is 0. The first-order valence-corrected chi connectivity index (χ1v) is 8.96. The van der Waals surface area contributed by atoms with Crippen LogP contribution in [0.4, 0.5) is 5.95 Å². The largest absolute Gasteiger partial charge is 0.381 e. The molecule has 1 aliphatic rings. The first-order chi connectivity index (χ1) is 13.1. The maximum absolute atomic E-state index is 12.3. The topological polar surface area (TPSA) is 124 Å². The maximum Gasteiger partial charge on any atom is 0.248 e. The van der Waals surface area contributed by atoms with Crippen molar-refractivity contribution < 1.29 is 14.3 Å². The Morgan fingerprint density at radius 2 is 1.96 bits per heavy atom. The second-order valence-electron chi connectivity index (χ2n) is 6.49. The number of rotatable bonds is 7. The summed E-state index contributed by atoms with van der Waals surface area (Å²) in [5, 5.41) is 9.53. The molecule has 1 atom stereocenters. The van der Waals surface area contributed by atoms with Gasteiger partial charge in [-0.15, -0.1) is 17.5 Å². The van der Waals surface area contributed by atoms with Crippen LogP contribution in [0.15, 0.2) is 36.7 Å². The van der Waals surface area contributed by atoms with Gasteiger partial charge in [0.05, 0.1) is 6.04 Å². The van der Waals surface area contributed by atoms with Crippen LogP contribution in [0.5, 0.6) is 0 Å². The van der Waals surface area contributed by atoms with E-state index in [0.29, 0.717) is 19.8 Å². The highest BCUT2D eigenvalue weighted by Crippen LogP contribution is 2.18. The van der Waals surface area contributed by atoms with Crippen molar-refractivity contribution in [2.45, 2.75) is 32.0 Å². The van der Waals surface area contributed by atoms with Crippen LogP contribution in [0, 0.1) is 5.92 Å². The van der Waals surface area contributed by atoms with Crippen molar-refractivity contribution in [1.82, 2.24) is 20.1 Å². The Hall–Kier alpha value is -2.49. The van der Waals surface area contributed by atoms with Crippen molar-refractivity contribution in [2.24, 2.45) is 11.7 Å². The lowest BCUT2D eigenvalue weighted by Crippen LogP contribution is -2.44. The Morgan fingerprint density at radius 3 is 2.68 bits per heavy atom. The number of nitrogens with zero attached hydrogens (tertiary/aromatic N) is 3. The number of nitrogens with one attached hydrogen (secondary N) is 2. The lowest BCUT2D eigenvalue weighted by atomic mass is 9.92. The second kappa shape index (κ2) is 10.7. The number of halogens is 1. The molecule has 1 fully saturated rings. The number of carbonyl (C=O) groups excluding carboxylic acids is 2. The zero-order chi connectivity index (χ0) is 19.1. The highest BCUT2D eigenvalue weighted by Gasteiger charge is 2.27. The molecule has 1 aliphatic heterocycles. The molecule has 1 aromatic carbocycles. The quantitative estimate of drug-likeness (QED) is 0.619. The lowest BCUT2D eigenvalue weighted by molar-refractivity contribution is -0.122.